The third-order valence-corrected chi connectivity index (χ3v) is 6.51. The molecule has 188 valence electrons. The quantitative estimate of drug-likeness (QED) is 0.536. The minimum absolute atomic E-state index is 0.173. The lowest BCUT2D eigenvalue weighted by Gasteiger charge is -2.32. The number of carbonyl (C=O) groups excluding carboxylic acids is 1. The Morgan fingerprint density at radius 1 is 1.11 bits per heavy atom. The van der Waals surface area contributed by atoms with E-state index in [1.807, 2.05) is 51.3 Å². The Hall–Kier alpha value is -3.27. The first-order valence-electron chi connectivity index (χ1n) is 12.1. The predicted octanol–water partition coefficient (Wildman–Crippen LogP) is 2.44. The lowest BCUT2D eigenvalue weighted by Crippen LogP contribution is -2.41. The van der Waals surface area contributed by atoms with Gasteiger partial charge in [-0.25, -0.2) is 14.6 Å². The van der Waals surface area contributed by atoms with Gasteiger partial charge in [-0.3, -0.25) is 9.78 Å². The lowest BCUT2D eigenvalue weighted by atomic mass is 9.97. The average Bonchev–Trinajstić information content (AvgIpc) is 2.76. The smallest absolute Gasteiger partial charge is 0.407 e. The summed E-state index contributed by atoms with van der Waals surface area (Å²) in [6.45, 7) is 13.3. The molecule has 0 aromatic heterocycles. The van der Waals surface area contributed by atoms with Crippen LogP contribution in [0.2, 0.25) is 0 Å². The van der Waals surface area contributed by atoms with Gasteiger partial charge in [-0.1, -0.05) is 0 Å². The first-order chi connectivity index (χ1) is 16.5. The maximum atomic E-state index is 12.5. The molecule has 1 fully saturated rings. The molecule has 3 aliphatic heterocycles. The molecule has 3 aliphatic rings. The molecule has 0 unspecified atom stereocenters. The number of carbonyl (C=O) groups is 1. The van der Waals surface area contributed by atoms with E-state index in [9.17, 15) is 14.4 Å². The van der Waals surface area contributed by atoms with E-state index in [0.717, 1.165) is 49.1 Å². The first kappa shape index (κ1) is 24.8. The summed E-state index contributed by atoms with van der Waals surface area (Å²) in [6.07, 6.45) is 1.57. The summed E-state index contributed by atoms with van der Waals surface area (Å²) >= 11 is 0. The highest BCUT2D eigenvalue weighted by Gasteiger charge is 2.23. The maximum absolute atomic E-state index is 12.5. The molecule has 3 heterocycles. The fraction of sp³-hybridized carbons (Fsp3) is 0.560. The number of benzene rings is 1. The molecule has 4 rings (SSSR count). The Labute approximate surface area is 204 Å². The van der Waals surface area contributed by atoms with Gasteiger partial charge in [0, 0.05) is 19.6 Å². The summed E-state index contributed by atoms with van der Waals surface area (Å²) in [7, 11) is 0. The Kier molecular flexibility index (Phi) is 6.93. The number of piperidine rings is 1. The average molecular weight is 483 g/mol. The number of nitrogens with one attached hydrogen (secondary N) is 2. The van der Waals surface area contributed by atoms with E-state index in [-0.39, 0.29) is 11.8 Å². The van der Waals surface area contributed by atoms with Crippen LogP contribution in [0, 0.1) is 19.8 Å². The molecule has 1 aromatic rings. The number of nitrogens with zero attached hydrogens (tertiary/aromatic N) is 4. The normalized spacial score (nSPS) is 15.6. The topological polar surface area (TPSA) is 122 Å². The Morgan fingerprint density at radius 2 is 1.80 bits per heavy atom. The van der Waals surface area contributed by atoms with Gasteiger partial charge in [-0.05, 0) is 89.7 Å². The van der Waals surface area contributed by atoms with Crippen LogP contribution in [-0.2, 0) is 11.3 Å². The third kappa shape index (κ3) is 5.87. The fourth-order valence-corrected chi connectivity index (χ4v) is 4.47. The maximum Gasteiger partial charge on any atom is 0.407 e. The summed E-state index contributed by atoms with van der Waals surface area (Å²) in [5.41, 5.74) is 2.24. The van der Waals surface area contributed by atoms with E-state index in [1.54, 1.807) is 0 Å². The molecule has 0 bridgehead atoms. The SMILES string of the molecule is Cc1cc2nc3c(=O)[nH]c(=O)nc-3n(CCN3CCC(CNC(=O)OC(C)(C)C)CC3)c2cc1C. The molecule has 10 nitrogen and oxygen atoms in total. The van der Waals surface area contributed by atoms with Crippen LogP contribution in [0.4, 0.5) is 4.79 Å². The van der Waals surface area contributed by atoms with Crippen LogP contribution in [-0.4, -0.2) is 62.3 Å². The van der Waals surface area contributed by atoms with Crippen molar-refractivity contribution in [3.63, 3.8) is 0 Å². The number of aromatic amines is 1. The van der Waals surface area contributed by atoms with Gasteiger partial charge in [-0.15, -0.1) is 0 Å². The van der Waals surface area contributed by atoms with Gasteiger partial charge >= 0.3 is 11.8 Å². The molecule has 0 spiro atoms. The molecule has 2 N–H and O–H groups in total. The molecule has 35 heavy (non-hydrogen) atoms. The standard InChI is InChI=1S/C25H34N6O4/c1-15-12-18-19(13-16(15)2)31(21-20(27-18)22(32)29-23(33)28-21)11-10-30-8-6-17(7-9-30)14-26-24(34)35-25(3,4)5/h12-13,17H,6-11,14H2,1-5H3,(H,26,34)(H,29,32,33). The van der Waals surface area contributed by atoms with Crippen molar-refractivity contribution in [2.24, 2.45) is 5.92 Å². The zero-order valence-corrected chi connectivity index (χ0v) is 21.1. The number of hydrogen-bond acceptors (Lipinski definition) is 7. The Balaban J connectivity index is 1.46. The van der Waals surface area contributed by atoms with Crippen LogP contribution >= 0.6 is 0 Å². The summed E-state index contributed by atoms with van der Waals surface area (Å²) in [5, 5.41) is 2.88. The highest BCUT2D eigenvalue weighted by atomic mass is 16.6. The van der Waals surface area contributed by atoms with E-state index in [4.69, 9.17) is 4.74 Å². The highest BCUT2D eigenvalue weighted by molar-refractivity contribution is 5.81. The van der Waals surface area contributed by atoms with Crippen molar-refractivity contribution in [1.82, 2.24) is 29.7 Å². The van der Waals surface area contributed by atoms with Crippen LogP contribution in [0.1, 0.15) is 44.7 Å². The first-order valence-corrected chi connectivity index (χ1v) is 12.1. The molecule has 10 heteroatoms. The molecule has 0 radical (unpaired) electrons. The van der Waals surface area contributed by atoms with Crippen molar-refractivity contribution in [1.29, 1.82) is 0 Å². The second kappa shape index (κ2) is 9.77. The largest absolute Gasteiger partial charge is 0.444 e. The van der Waals surface area contributed by atoms with Crippen LogP contribution in [0.25, 0.3) is 22.6 Å². The number of ether oxygens (including phenoxy) is 1. The zero-order chi connectivity index (χ0) is 25.3. The summed E-state index contributed by atoms with van der Waals surface area (Å²) in [5.74, 6) is 0.717. The van der Waals surface area contributed by atoms with Gasteiger partial charge in [-0.2, -0.15) is 4.98 Å². The third-order valence-electron chi connectivity index (χ3n) is 6.51. The lowest BCUT2D eigenvalue weighted by molar-refractivity contribution is 0.0509. The number of fused-ring (bicyclic) bond motifs is 2. The van der Waals surface area contributed by atoms with E-state index in [1.165, 1.54) is 0 Å². The molecule has 1 amide bonds. The number of rotatable bonds is 5. The van der Waals surface area contributed by atoms with Crippen molar-refractivity contribution in [2.75, 3.05) is 26.2 Å². The highest BCUT2D eigenvalue weighted by Crippen LogP contribution is 2.24. The van der Waals surface area contributed by atoms with Crippen molar-refractivity contribution in [2.45, 2.75) is 59.6 Å². The molecule has 0 aliphatic carbocycles. The van der Waals surface area contributed by atoms with Crippen molar-refractivity contribution in [3.8, 4) is 11.5 Å². The van der Waals surface area contributed by atoms with Crippen molar-refractivity contribution < 1.29 is 9.53 Å². The number of aromatic nitrogens is 4. The number of hydrogen-bond donors (Lipinski definition) is 2. The minimum Gasteiger partial charge on any atom is -0.444 e. The predicted molar refractivity (Wildman–Crippen MR) is 134 cm³/mol. The van der Waals surface area contributed by atoms with Gasteiger partial charge in [0.05, 0.1) is 11.0 Å². The molecule has 0 saturated carbocycles. The summed E-state index contributed by atoms with van der Waals surface area (Å²) in [4.78, 5) is 49.6. The van der Waals surface area contributed by atoms with Gasteiger partial charge in [0.25, 0.3) is 5.56 Å². The van der Waals surface area contributed by atoms with Crippen molar-refractivity contribution >= 4 is 17.1 Å². The molecular weight excluding hydrogens is 448 g/mol. The molecule has 1 aromatic carbocycles. The molecular formula is C25H34N6O4. The van der Waals surface area contributed by atoms with Crippen LogP contribution < -0.4 is 16.6 Å². The van der Waals surface area contributed by atoms with Gasteiger partial charge in [0.2, 0.25) is 0 Å². The number of alkyl carbamates (subject to hydrolysis) is 1. The second-order valence-electron chi connectivity index (χ2n) is 10.4. The van der Waals surface area contributed by atoms with Gasteiger partial charge in [0.1, 0.15) is 5.60 Å². The van der Waals surface area contributed by atoms with Gasteiger partial charge in [0.15, 0.2) is 11.5 Å². The number of likely N-dealkylation sites (tertiary alicyclic amines) is 1. The zero-order valence-electron chi connectivity index (χ0n) is 21.1. The number of amides is 1. The molecule has 0 atom stereocenters. The van der Waals surface area contributed by atoms with Crippen LogP contribution in [0.15, 0.2) is 21.7 Å². The van der Waals surface area contributed by atoms with E-state index in [2.05, 4.69) is 25.2 Å². The number of H-pyrrole nitrogens is 1. The number of aryl methyl sites for hydroxylation is 2. The summed E-state index contributed by atoms with van der Waals surface area (Å²) in [6, 6.07) is 4.01. The fourth-order valence-electron chi connectivity index (χ4n) is 4.47. The van der Waals surface area contributed by atoms with E-state index >= 15 is 0 Å². The monoisotopic (exact) mass is 482 g/mol. The van der Waals surface area contributed by atoms with Gasteiger partial charge < -0.3 is 19.5 Å². The van der Waals surface area contributed by atoms with E-state index in [0.29, 0.717) is 30.3 Å². The Morgan fingerprint density at radius 3 is 2.49 bits per heavy atom. The van der Waals surface area contributed by atoms with Crippen LogP contribution in [0.5, 0.6) is 0 Å². The molecule has 1 saturated heterocycles. The minimum atomic E-state index is -0.667. The van der Waals surface area contributed by atoms with Crippen molar-refractivity contribution in [3.05, 3.63) is 44.1 Å². The van der Waals surface area contributed by atoms with E-state index < -0.39 is 16.9 Å². The summed E-state index contributed by atoms with van der Waals surface area (Å²) < 4.78 is 7.26. The Bertz CT molecular complexity index is 1310. The van der Waals surface area contributed by atoms with Crippen LogP contribution in [0.3, 0.4) is 0 Å². The second-order valence-corrected chi connectivity index (χ2v) is 10.4.